The van der Waals surface area contributed by atoms with Crippen LogP contribution >= 0.6 is 0 Å². The lowest BCUT2D eigenvalue weighted by molar-refractivity contribution is -0.141. The molecule has 2 aromatic rings. The molecule has 2 aromatic carbocycles. The minimum atomic E-state index is -0.693. The molecule has 0 spiro atoms. The Morgan fingerprint density at radius 3 is 2.12 bits per heavy atom. The number of carbonyl (C=O) groups excluding carboxylic acids is 2. The van der Waals surface area contributed by atoms with Crippen LogP contribution in [0.3, 0.4) is 0 Å². The van der Waals surface area contributed by atoms with E-state index in [9.17, 15) is 14.7 Å². The lowest BCUT2D eigenvalue weighted by atomic mass is 10.1. The Balaban J connectivity index is 2.20. The Hall–Kier alpha value is -3.22. The second kappa shape index (κ2) is 8.75. The maximum Gasteiger partial charge on any atom is 0.416 e. The summed E-state index contributed by atoms with van der Waals surface area (Å²) in [6.07, 6.45) is -0.693. The maximum atomic E-state index is 12.6. The molecule has 2 rings (SSSR count). The number of rotatable bonds is 6. The molecule has 1 amide bonds. The van der Waals surface area contributed by atoms with Crippen LogP contribution in [0.4, 0.5) is 4.79 Å². The molecule has 138 valence electrons. The summed E-state index contributed by atoms with van der Waals surface area (Å²) >= 11 is 0. The highest BCUT2D eigenvalue weighted by Gasteiger charge is 2.26. The molecular formula is C19H21NO6. The molecule has 0 aromatic heterocycles. The highest BCUT2D eigenvalue weighted by molar-refractivity contribution is 5.79. The third kappa shape index (κ3) is 4.89. The van der Waals surface area contributed by atoms with Crippen LogP contribution in [0.25, 0.3) is 0 Å². The van der Waals surface area contributed by atoms with E-state index in [1.807, 2.05) is 0 Å². The monoisotopic (exact) mass is 359 g/mol. The van der Waals surface area contributed by atoms with Crippen molar-refractivity contribution in [2.45, 2.75) is 13.0 Å². The zero-order valence-electron chi connectivity index (χ0n) is 14.8. The number of phenols is 1. The van der Waals surface area contributed by atoms with Crippen LogP contribution in [-0.4, -0.2) is 42.8 Å². The molecule has 0 aliphatic rings. The summed E-state index contributed by atoms with van der Waals surface area (Å²) in [6, 6.07) is 12.4. The van der Waals surface area contributed by atoms with Gasteiger partial charge in [-0.2, -0.15) is 0 Å². The van der Waals surface area contributed by atoms with Gasteiger partial charge in [-0.1, -0.05) is 12.1 Å². The van der Waals surface area contributed by atoms with E-state index in [1.54, 1.807) is 50.4 Å². The van der Waals surface area contributed by atoms with Crippen molar-refractivity contribution >= 4 is 12.1 Å². The highest BCUT2D eigenvalue weighted by Crippen LogP contribution is 2.24. The molecular weight excluding hydrogens is 338 g/mol. The van der Waals surface area contributed by atoms with Gasteiger partial charge in [-0.05, 0) is 48.9 Å². The van der Waals surface area contributed by atoms with E-state index in [4.69, 9.17) is 9.47 Å². The summed E-state index contributed by atoms with van der Waals surface area (Å²) < 4.78 is 15.1. The second-order valence-electron chi connectivity index (χ2n) is 5.52. The summed E-state index contributed by atoms with van der Waals surface area (Å²) in [5.41, 5.74) is 0.735. The fraction of sp³-hybridized carbons (Fsp3) is 0.263. The van der Waals surface area contributed by atoms with Gasteiger partial charge in [0.2, 0.25) is 0 Å². The first-order valence-corrected chi connectivity index (χ1v) is 7.93. The molecule has 26 heavy (non-hydrogen) atoms. The van der Waals surface area contributed by atoms with E-state index < -0.39 is 18.1 Å². The Bertz CT molecular complexity index is 742. The summed E-state index contributed by atoms with van der Waals surface area (Å²) in [6.45, 7) is 1.48. The van der Waals surface area contributed by atoms with Crippen LogP contribution in [-0.2, 0) is 9.53 Å². The smallest absolute Gasteiger partial charge is 0.416 e. The molecule has 0 saturated carbocycles. The van der Waals surface area contributed by atoms with Crippen molar-refractivity contribution in [1.82, 2.24) is 4.90 Å². The van der Waals surface area contributed by atoms with E-state index in [-0.39, 0.29) is 12.3 Å². The predicted molar refractivity (Wildman–Crippen MR) is 94.3 cm³/mol. The first kappa shape index (κ1) is 19.1. The molecule has 0 unspecified atom stereocenters. The van der Waals surface area contributed by atoms with Crippen molar-refractivity contribution in [2.24, 2.45) is 0 Å². The molecule has 0 aliphatic heterocycles. The largest absolute Gasteiger partial charge is 0.508 e. The van der Waals surface area contributed by atoms with E-state index in [2.05, 4.69) is 4.74 Å². The van der Waals surface area contributed by atoms with E-state index in [0.717, 1.165) is 5.56 Å². The topological polar surface area (TPSA) is 85.3 Å². The van der Waals surface area contributed by atoms with Gasteiger partial charge in [-0.3, -0.25) is 9.69 Å². The number of ether oxygens (including phenoxy) is 3. The van der Waals surface area contributed by atoms with Crippen LogP contribution in [0.2, 0.25) is 0 Å². The SMILES string of the molecule is COC(=O)CN(C(=O)Oc1ccc(OC)cc1)[C@@H](C)c1ccc(O)cc1. The number of nitrogens with zero attached hydrogens (tertiary/aromatic N) is 1. The van der Waals surface area contributed by atoms with Gasteiger partial charge in [0, 0.05) is 0 Å². The first-order chi connectivity index (χ1) is 12.4. The number of amides is 1. The zero-order chi connectivity index (χ0) is 19.1. The Morgan fingerprint density at radius 2 is 1.58 bits per heavy atom. The molecule has 7 heteroatoms. The molecule has 0 bridgehead atoms. The van der Waals surface area contributed by atoms with Gasteiger partial charge in [0.05, 0.1) is 20.3 Å². The van der Waals surface area contributed by atoms with Crippen LogP contribution in [0, 0.1) is 0 Å². The maximum absolute atomic E-state index is 12.6. The van der Waals surface area contributed by atoms with Crippen LogP contribution < -0.4 is 9.47 Å². The van der Waals surface area contributed by atoms with E-state index >= 15 is 0 Å². The summed E-state index contributed by atoms with van der Waals surface area (Å²) in [7, 11) is 2.79. The number of aromatic hydroxyl groups is 1. The first-order valence-electron chi connectivity index (χ1n) is 7.93. The number of phenolic OH excluding ortho intramolecular Hbond substituents is 1. The van der Waals surface area contributed by atoms with Crippen molar-refractivity contribution in [3.63, 3.8) is 0 Å². The fourth-order valence-corrected chi connectivity index (χ4v) is 2.30. The molecule has 7 nitrogen and oxygen atoms in total. The van der Waals surface area contributed by atoms with Crippen molar-refractivity contribution in [3.05, 3.63) is 54.1 Å². The predicted octanol–water partition coefficient (Wildman–Crippen LogP) is 3.14. The average molecular weight is 359 g/mol. The van der Waals surface area contributed by atoms with Gasteiger partial charge < -0.3 is 19.3 Å². The third-order valence-corrected chi connectivity index (χ3v) is 3.87. The standard InChI is InChI=1S/C19H21NO6/c1-13(14-4-6-15(21)7-5-14)20(12-18(22)25-3)19(23)26-17-10-8-16(24-2)9-11-17/h4-11,13,21H,12H2,1-3H3/t13-/m0/s1. The Kier molecular flexibility index (Phi) is 6.43. The van der Waals surface area contributed by atoms with Gasteiger partial charge in [0.25, 0.3) is 0 Å². The number of benzene rings is 2. The molecule has 0 heterocycles. The minimum absolute atomic E-state index is 0.112. The van der Waals surface area contributed by atoms with Crippen LogP contribution in [0.1, 0.15) is 18.5 Å². The van der Waals surface area contributed by atoms with Gasteiger partial charge >= 0.3 is 12.1 Å². The highest BCUT2D eigenvalue weighted by atomic mass is 16.6. The van der Waals surface area contributed by atoms with E-state index in [0.29, 0.717) is 11.5 Å². The Morgan fingerprint density at radius 1 is 1.00 bits per heavy atom. The lowest BCUT2D eigenvalue weighted by Crippen LogP contribution is -2.40. The van der Waals surface area contributed by atoms with Gasteiger partial charge in [0.1, 0.15) is 23.8 Å². The molecule has 0 saturated heterocycles. The number of esters is 1. The van der Waals surface area contributed by atoms with Gasteiger partial charge in [-0.25, -0.2) is 4.79 Å². The quantitative estimate of drug-likeness (QED) is 0.798. The normalized spacial score (nSPS) is 11.3. The number of carbonyl (C=O) groups is 2. The molecule has 1 atom stereocenters. The lowest BCUT2D eigenvalue weighted by Gasteiger charge is -2.27. The second-order valence-corrected chi connectivity index (χ2v) is 5.52. The van der Waals surface area contributed by atoms with Gasteiger partial charge in [0.15, 0.2) is 0 Å². The number of hydrogen-bond acceptors (Lipinski definition) is 6. The average Bonchev–Trinajstić information content (AvgIpc) is 2.66. The van der Waals surface area contributed by atoms with Crippen molar-refractivity contribution in [2.75, 3.05) is 20.8 Å². The summed E-state index contributed by atoms with van der Waals surface area (Å²) in [5.74, 6) is 0.501. The molecule has 0 radical (unpaired) electrons. The minimum Gasteiger partial charge on any atom is -0.508 e. The molecule has 1 N–H and O–H groups in total. The third-order valence-electron chi connectivity index (χ3n) is 3.87. The van der Waals surface area contributed by atoms with Crippen LogP contribution in [0.5, 0.6) is 17.2 Å². The van der Waals surface area contributed by atoms with Crippen molar-refractivity contribution < 1.29 is 28.9 Å². The van der Waals surface area contributed by atoms with Crippen molar-refractivity contribution in [3.8, 4) is 17.2 Å². The number of methoxy groups -OCH3 is 2. The van der Waals surface area contributed by atoms with Gasteiger partial charge in [-0.15, -0.1) is 0 Å². The van der Waals surface area contributed by atoms with Crippen LogP contribution in [0.15, 0.2) is 48.5 Å². The van der Waals surface area contributed by atoms with E-state index in [1.165, 1.54) is 24.1 Å². The fourth-order valence-electron chi connectivity index (χ4n) is 2.30. The Labute approximate surface area is 151 Å². The summed E-state index contributed by atoms with van der Waals surface area (Å²) in [4.78, 5) is 25.6. The summed E-state index contributed by atoms with van der Waals surface area (Å²) in [5, 5.41) is 9.42. The molecule has 0 fully saturated rings. The zero-order valence-corrected chi connectivity index (χ0v) is 14.8. The van der Waals surface area contributed by atoms with Crippen molar-refractivity contribution in [1.29, 1.82) is 0 Å². The number of hydrogen-bond donors (Lipinski definition) is 1. The molecule has 0 aliphatic carbocycles.